The Bertz CT molecular complexity index is 1250. The normalized spacial score (nSPS) is 14.3. The summed E-state index contributed by atoms with van der Waals surface area (Å²) < 4.78 is 0. The van der Waals surface area contributed by atoms with E-state index in [0.717, 1.165) is 13.0 Å². The van der Waals surface area contributed by atoms with Crippen LogP contribution in [0, 0.1) is 0 Å². The summed E-state index contributed by atoms with van der Waals surface area (Å²) in [5, 5.41) is 12.4. The molecule has 0 saturated carbocycles. The second-order valence-electron chi connectivity index (χ2n) is 9.16. The summed E-state index contributed by atoms with van der Waals surface area (Å²) in [6.07, 6.45) is 13.7. The van der Waals surface area contributed by atoms with Gasteiger partial charge in [-0.2, -0.15) is 0 Å². The highest BCUT2D eigenvalue weighted by molar-refractivity contribution is 5.98. The number of fused-ring (bicyclic) bond motifs is 5. The monoisotopic (exact) mass is 443 g/mol. The Hall–Kier alpha value is -3.18. The molecule has 1 amide bonds. The van der Waals surface area contributed by atoms with E-state index in [2.05, 4.69) is 79.0 Å². The Morgan fingerprint density at radius 3 is 2.76 bits per heavy atom. The molecule has 0 radical (unpaired) electrons. The largest absolute Gasteiger partial charge is 0.436 e. The first-order valence-electron chi connectivity index (χ1n) is 11.8. The molecule has 0 bridgehead atoms. The molecule has 5 nitrogen and oxygen atoms in total. The number of hydrogen-bond acceptors (Lipinski definition) is 4. The topological polar surface area (TPSA) is 53.9 Å². The minimum atomic E-state index is -0.416. The highest BCUT2D eigenvalue weighted by atomic mass is 16.7. The Balaban J connectivity index is 1.45. The quantitative estimate of drug-likeness (QED) is 0.379. The summed E-state index contributed by atoms with van der Waals surface area (Å²) in [7, 11) is 0. The number of carbonyl (C=O) groups is 1. The molecule has 2 aliphatic rings. The van der Waals surface area contributed by atoms with Crippen molar-refractivity contribution in [3.8, 4) is 0 Å². The van der Waals surface area contributed by atoms with Crippen LogP contribution in [-0.2, 0) is 11.3 Å². The van der Waals surface area contributed by atoms with E-state index in [1.807, 2.05) is 13.8 Å². The molecule has 172 valence electrons. The van der Waals surface area contributed by atoms with Crippen LogP contribution in [0.1, 0.15) is 45.2 Å². The molecular weight excluding hydrogens is 410 g/mol. The number of rotatable bonds is 8. The second-order valence-corrected chi connectivity index (χ2v) is 9.16. The lowest BCUT2D eigenvalue weighted by atomic mass is 9.94. The fraction of sp³-hybridized carbons (Fsp3) is 0.357. The van der Waals surface area contributed by atoms with Gasteiger partial charge >= 0.3 is 6.09 Å². The maximum Gasteiger partial charge on any atom is 0.436 e. The van der Waals surface area contributed by atoms with Gasteiger partial charge in [0.2, 0.25) is 0 Å². The minimum absolute atomic E-state index is 0.0489. The average Bonchev–Trinajstić information content (AvgIpc) is 3.22. The van der Waals surface area contributed by atoms with E-state index in [-0.39, 0.29) is 6.04 Å². The zero-order valence-corrected chi connectivity index (χ0v) is 20.0. The maximum absolute atomic E-state index is 12.5. The van der Waals surface area contributed by atoms with Gasteiger partial charge in [0.1, 0.15) is 0 Å². The predicted octanol–water partition coefficient (Wildman–Crippen LogP) is 4.13. The van der Waals surface area contributed by atoms with Crippen molar-refractivity contribution in [2.45, 2.75) is 52.6 Å². The van der Waals surface area contributed by atoms with Crippen LogP contribution in [0.15, 0.2) is 47.6 Å². The number of benzene rings is 2. The smallest absolute Gasteiger partial charge is 0.313 e. The molecule has 33 heavy (non-hydrogen) atoms. The van der Waals surface area contributed by atoms with E-state index in [0.29, 0.717) is 19.0 Å². The lowest BCUT2D eigenvalue weighted by molar-refractivity contribution is 0.0949. The fourth-order valence-corrected chi connectivity index (χ4v) is 4.47. The van der Waals surface area contributed by atoms with Crippen LogP contribution in [0.3, 0.4) is 0 Å². The molecule has 2 aromatic carbocycles. The van der Waals surface area contributed by atoms with Crippen LogP contribution in [0.5, 0.6) is 0 Å². The van der Waals surface area contributed by atoms with E-state index in [1.54, 1.807) is 11.1 Å². The van der Waals surface area contributed by atoms with E-state index >= 15 is 0 Å². The van der Waals surface area contributed by atoms with Crippen molar-refractivity contribution in [3.05, 3.63) is 64.1 Å². The number of nitrogens with one attached hydrogen (secondary N) is 1. The maximum atomic E-state index is 12.5. The van der Waals surface area contributed by atoms with Gasteiger partial charge in [0.25, 0.3) is 0 Å². The SMILES string of the molecule is CC(C)NCCN(C(=O)ON=CCC1=c2ccc3c4c(ccc3c2C=C1)=CC=CC4)C(C)C. The van der Waals surface area contributed by atoms with Gasteiger partial charge in [-0.15, -0.1) is 0 Å². The number of hydrogen-bond donors (Lipinski definition) is 1. The Morgan fingerprint density at radius 2 is 1.97 bits per heavy atom. The molecular formula is C28H33N3O2. The average molecular weight is 444 g/mol. The van der Waals surface area contributed by atoms with Crippen molar-refractivity contribution < 1.29 is 9.63 Å². The van der Waals surface area contributed by atoms with Crippen LogP contribution >= 0.6 is 0 Å². The van der Waals surface area contributed by atoms with E-state index in [4.69, 9.17) is 4.84 Å². The van der Waals surface area contributed by atoms with Crippen molar-refractivity contribution in [2.75, 3.05) is 13.1 Å². The molecule has 0 fully saturated rings. The molecule has 0 aliphatic heterocycles. The number of amides is 1. The first-order valence-corrected chi connectivity index (χ1v) is 11.8. The lowest BCUT2D eigenvalue weighted by Gasteiger charge is -2.25. The first kappa shape index (κ1) is 23.0. The van der Waals surface area contributed by atoms with Crippen molar-refractivity contribution in [2.24, 2.45) is 5.16 Å². The molecule has 0 heterocycles. The highest BCUT2D eigenvalue weighted by Gasteiger charge is 2.18. The molecule has 0 atom stereocenters. The summed E-state index contributed by atoms with van der Waals surface area (Å²) in [6.45, 7) is 9.43. The molecule has 2 aromatic rings. The standard InChI is InChI=1S/C28H33N3O2/c1-19(2)29-17-18-31(20(3)4)28(32)33-30-16-15-22-10-11-25-24(22)13-14-26-23-8-6-5-7-21(23)9-12-27(25)26/h5-7,9-14,16,19-20,29H,8,15,17-18H2,1-4H3. The molecule has 4 rings (SSSR count). The van der Waals surface area contributed by atoms with Gasteiger partial charge in [-0.25, -0.2) is 4.79 Å². The van der Waals surface area contributed by atoms with Crippen LogP contribution in [0.4, 0.5) is 4.79 Å². The lowest BCUT2D eigenvalue weighted by Crippen LogP contribution is -2.42. The summed E-state index contributed by atoms with van der Waals surface area (Å²) in [4.78, 5) is 19.3. The number of carbonyl (C=O) groups excluding carboxylic acids is 1. The Kier molecular flexibility index (Phi) is 7.09. The van der Waals surface area contributed by atoms with Crippen molar-refractivity contribution in [1.82, 2.24) is 10.2 Å². The number of nitrogens with zero attached hydrogens (tertiary/aromatic N) is 2. The number of oxime groups is 1. The first-order chi connectivity index (χ1) is 16.0. The molecule has 5 heteroatoms. The Morgan fingerprint density at radius 1 is 1.15 bits per heavy atom. The van der Waals surface area contributed by atoms with Gasteiger partial charge < -0.3 is 10.2 Å². The molecule has 1 N–H and O–H groups in total. The van der Waals surface area contributed by atoms with E-state index < -0.39 is 6.09 Å². The zero-order valence-electron chi connectivity index (χ0n) is 20.0. The molecule has 0 saturated heterocycles. The fourth-order valence-electron chi connectivity index (χ4n) is 4.47. The Labute approximate surface area is 195 Å². The third kappa shape index (κ3) is 5.09. The van der Waals surface area contributed by atoms with Crippen molar-refractivity contribution in [3.63, 3.8) is 0 Å². The summed E-state index contributed by atoms with van der Waals surface area (Å²) in [5.41, 5.74) is 3.83. The molecule has 0 unspecified atom stereocenters. The molecule has 0 aromatic heterocycles. The third-order valence-corrected chi connectivity index (χ3v) is 6.20. The van der Waals surface area contributed by atoms with Crippen molar-refractivity contribution >= 4 is 40.8 Å². The zero-order chi connectivity index (χ0) is 23.4. The van der Waals surface area contributed by atoms with Crippen molar-refractivity contribution in [1.29, 1.82) is 0 Å². The predicted molar refractivity (Wildman–Crippen MR) is 138 cm³/mol. The van der Waals surface area contributed by atoms with Gasteiger partial charge in [0.15, 0.2) is 0 Å². The van der Waals surface area contributed by atoms with Gasteiger partial charge in [-0.3, -0.25) is 4.84 Å². The van der Waals surface area contributed by atoms with Crippen LogP contribution in [0.2, 0.25) is 0 Å². The van der Waals surface area contributed by atoms with Gasteiger partial charge in [0, 0.05) is 37.8 Å². The summed E-state index contributed by atoms with van der Waals surface area (Å²) in [5.74, 6) is 0. The summed E-state index contributed by atoms with van der Waals surface area (Å²) in [6, 6.07) is 9.30. The minimum Gasteiger partial charge on any atom is -0.313 e. The van der Waals surface area contributed by atoms with E-state index in [9.17, 15) is 4.79 Å². The van der Waals surface area contributed by atoms with Crippen LogP contribution in [-0.4, -0.2) is 42.4 Å². The number of allylic oxidation sites excluding steroid dienone is 3. The van der Waals surface area contributed by atoms with Crippen LogP contribution in [0.25, 0.3) is 28.5 Å². The van der Waals surface area contributed by atoms with Crippen LogP contribution < -0.4 is 15.8 Å². The van der Waals surface area contributed by atoms with Gasteiger partial charge in [-0.1, -0.05) is 73.6 Å². The highest BCUT2D eigenvalue weighted by Crippen LogP contribution is 2.24. The third-order valence-electron chi connectivity index (χ3n) is 6.20. The second kappa shape index (κ2) is 10.2. The van der Waals surface area contributed by atoms with Gasteiger partial charge in [0.05, 0.1) is 0 Å². The molecule has 0 spiro atoms. The van der Waals surface area contributed by atoms with E-state index in [1.165, 1.54) is 37.9 Å². The van der Waals surface area contributed by atoms with Gasteiger partial charge in [-0.05, 0) is 58.2 Å². The molecule has 2 aliphatic carbocycles. The summed E-state index contributed by atoms with van der Waals surface area (Å²) >= 11 is 0.